The van der Waals surface area contributed by atoms with Gasteiger partial charge >= 0.3 is 0 Å². The van der Waals surface area contributed by atoms with Crippen molar-refractivity contribution in [1.29, 1.82) is 0 Å². The lowest BCUT2D eigenvalue weighted by molar-refractivity contribution is 0.0871. The summed E-state index contributed by atoms with van der Waals surface area (Å²) in [6.07, 6.45) is 4.28. The third-order valence-electron chi connectivity index (χ3n) is 3.50. The third kappa shape index (κ3) is 2.83. The van der Waals surface area contributed by atoms with E-state index in [-0.39, 0.29) is 5.54 Å². The zero-order valence-corrected chi connectivity index (χ0v) is 12.4. The van der Waals surface area contributed by atoms with Crippen molar-refractivity contribution in [3.63, 3.8) is 0 Å². The molecule has 0 saturated carbocycles. The van der Waals surface area contributed by atoms with Gasteiger partial charge in [-0.25, -0.2) is 0 Å². The minimum atomic E-state index is 0.273. The van der Waals surface area contributed by atoms with Crippen molar-refractivity contribution in [1.82, 2.24) is 14.7 Å². The lowest BCUT2D eigenvalue weighted by atomic mass is 9.98. The van der Waals surface area contributed by atoms with E-state index < -0.39 is 0 Å². The molecule has 5 heteroatoms. The lowest BCUT2D eigenvalue weighted by Crippen LogP contribution is -2.46. The Labute approximate surface area is 111 Å². The highest BCUT2D eigenvalue weighted by Gasteiger charge is 2.28. The molecule has 0 amide bonds. The maximum absolute atomic E-state index is 5.75. The maximum Gasteiger partial charge on any atom is 0.159 e. The van der Waals surface area contributed by atoms with Gasteiger partial charge in [-0.3, -0.25) is 9.58 Å². The average molecular weight is 301 g/mol. The molecule has 2 N–H and O–H groups in total. The Morgan fingerprint density at radius 2 is 1.94 bits per heavy atom. The fourth-order valence-corrected chi connectivity index (χ4v) is 2.66. The molecule has 1 aromatic rings. The van der Waals surface area contributed by atoms with Crippen LogP contribution in [0, 0.1) is 0 Å². The van der Waals surface area contributed by atoms with E-state index in [0.717, 1.165) is 30.4 Å². The van der Waals surface area contributed by atoms with Gasteiger partial charge in [-0.2, -0.15) is 5.10 Å². The molecule has 96 valence electrons. The predicted molar refractivity (Wildman–Crippen MR) is 73.9 cm³/mol. The molecule has 1 saturated heterocycles. The van der Waals surface area contributed by atoms with Crippen molar-refractivity contribution < 1.29 is 0 Å². The Kier molecular flexibility index (Phi) is 3.50. The summed E-state index contributed by atoms with van der Waals surface area (Å²) in [6.45, 7) is 9.08. The van der Waals surface area contributed by atoms with Gasteiger partial charge in [0.2, 0.25) is 0 Å². The average Bonchev–Trinajstić information content (AvgIpc) is 2.58. The Morgan fingerprint density at radius 3 is 2.35 bits per heavy atom. The van der Waals surface area contributed by atoms with Crippen molar-refractivity contribution in [2.45, 2.75) is 45.2 Å². The highest BCUT2D eigenvalue weighted by Crippen LogP contribution is 2.28. The van der Waals surface area contributed by atoms with Crippen LogP contribution in [0.25, 0.3) is 0 Å². The topological polar surface area (TPSA) is 47.1 Å². The molecule has 0 unspecified atom stereocenters. The number of nitrogen functional groups attached to an aromatic ring is 1. The standard InChI is InChI=1S/C12H21BrN4/c1-12(2,3)16-6-4-9(5-7-16)17-8-10(13)11(14)15-17/h8-9H,4-7H2,1-3H3,(H2,14,15). The zero-order valence-electron chi connectivity index (χ0n) is 10.8. The van der Waals surface area contributed by atoms with E-state index in [4.69, 9.17) is 5.73 Å². The van der Waals surface area contributed by atoms with Gasteiger partial charge in [0.15, 0.2) is 5.82 Å². The summed E-state index contributed by atoms with van der Waals surface area (Å²) in [5, 5.41) is 4.35. The summed E-state index contributed by atoms with van der Waals surface area (Å²) < 4.78 is 2.91. The van der Waals surface area contributed by atoms with Crippen LogP contribution >= 0.6 is 15.9 Å². The minimum Gasteiger partial charge on any atom is -0.381 e. The quantitative estimate of drug-likeness (QED) is 0.867. The number of likely N-dealkylation sites (tertiary alicyclic amines) is 1. The van der Waals surface area contributed by atoms with Crippen molar-refractivity contribution in [3.8, 4) is 0 Å². The van der Waals surface area contributed by atoms with Gasteiger partial charge in [0.1, 0.15) is 0 Å². The number of anilines is 1. The molecule has 1 aliphatic heterocycles. The highest BCUT2D eigenvalue weighted by atomic mass is 79.9. The van der Waals surface area contributed by atoms with E-state index >= 15 is 0 Å². The molecule has 17 heavy (non-hydrogen) atoms. The van der Waals surface area contributed by atoms with E-state index in [9.17, 15) is 0 Å². The minimum absolute atomic E-state index is 0.273. The molecule has 2 heterocycles. The molecule has 0 bridgehead atoms. The third-order valence-corrected chi connectivity index (χ3v) is 4.11. The summed E-state index contributed by atoms with van der Waals surface area (Å²) in [4.78, 5) is 2.53. The first-order valence-electron chi connectivity index (χ1n) is 6.13. The van der Waals surface area contributed by atoms with Gasteiger partial charge in [0.25, 0.3) is 0 Å². The zero-order chi connectivity index (χ0) is 12.6. The van der Waals surface area contributed by atoms with Crippen LogP contribution < -0.4 is 5.73 Å². The number of nitrogens with two attached hydrogens (primary N) is 1. The largest absolute Gasteiger partial charge is 0.381 e. The second kappa shape index (κ2) is 4.61. The number of piperidine rings is 1. The summed E-state index contributed by atoms with van der Waals surface area (Å²) in [7, 11) is 0. The van der Waals surface area contributed by atoms with Crippen LogP contribution in [-0.2, 0) is 0 Å². The maximum atomic E-state index is 5.75. The number of halogens is 1. The van der Waals surface area contributed by atoms with E-state index in [1.165, 1.54) is 0 Å². The normalized spacial score (nSPS) is 19.8. The van der Waals surface area contributed by atoms with E-state index in [1.54, 1.807) is 0 Å². The van der Waals surface area contributed by atoms with Crippen LogP contribution in [0.5, 0.6) is 0 Å². The first-order valence-corrected chi connectivity index (χ1v) is 6.92. The summed E-state index contributed by atoms with van der Waals surface area (Å²) in [5.74, 6) is 0.586. The smallest absolute Gasteiger partial charge is 0.159 e. The van der Waals surface area contributed by atoms with Gasteiger partial charge in [0.05, 0.1) is 10.5 Å². The fourth-order valence-electron chi connectivity index (χ4n) is 2.37. The van der Waals surface area contributed by atoms with Crippen molar-refractivity contribution in [2.24, 2.45) is 0 Å². The second-order valence-electron chi connectivity index (χ2n) is 5.73. The second-order valence-corrected chi connectivity index (χ2v) is 6.59. The van der Waals surface area contributed by atoms with Gasteiger partial charge in [-0.1, -0.05) is 0 Å². The fraction of sp³-hybridized carbons (Fsp3) is 0.750. The molecule has 1 fully saturated rings. The van der Waals surface area contributed by atoms with Crippen molar-refractivity contribution in [2.75, 3.05) is 18.8 Å². The molecule has 0 atom stereocenters. The van der Waals surface area contributed by atoms with Crippen LogP contribution in [0.4, 0.5) is 5.82 Å². The molecule has 0 radical (unpaired) electrons. The van der Waals surface area contributed by atoms with Gasteiger partial charge in [0, 0.05) is 24.8 Å². The number of nitrogens with zero attached hydrogens (tertiary/aromatic N) is 3. The van der Waals surface area contributed by atoms with Gasteiger partial charge in [-0.05, 0) is 49.5 Å². The van der Waals surface area contributed by atoms with E-state index in [1.807, 2.05) is 10.9 Å². The van der Waals surface area contributed by atoms with Crippen LogP contribution in [-0.4, -0.2) is 33.3 Å². The number of hydrogen-bond acceptors (Lipinski definition) is 3. The molecule has 0 aliphatic carbocycles. The Hall–Kier alpha value is -0.550. The van der Waals surface area contributed by atoms with E-state index in [0.29, 0.717) is 11.9 Å². The molecule has 0 aromatic carbocycles. The Balaban J connectivity index is 2.00. The first-order chi connectivity index (χ1) is 7.88. The first kappa shape index (κ1) is 12.9. The van der Waals surface area contributed by atoms with Crippen molar-refractivity contribution in [3.05, 3.63) is 10.7 Å². The predicted octanol–water partition coefficient (Wildman–Crippen LogP) is 2.66. The molecule has 1 aromatic heterocycles. The van der Waals surface area contributed by atoms with Crippen LogP contribution in [0.1, 0.15) is 39.7 Å². The Bertz CT molecular complexity index is 366. The van der Waals surface area contributed by atoms with Crippen LogP contribution in [0.2, 0.25) is 0 Å². The molecular formula is C12H21BrN4. The number of rotatable bonds is 1. The SMILES string of the molecule is CC(C)(C)N1CCC(n2cc(Br)c(N)n2)CC1. The highest BCUT2D eigenvalue weighted by molar-refractivity contribution is 9.10. The van der Waals surface area contributed by atoms with Crippen LogP contribution in [0.15, 0.2) is 10.7 Å². The molecule has 1 aliphatic rings. The molecule has 4 nitrogen and oxygen atoms in total. The molecular weight excluding hydrogens is 280 g/mol. The number of hydrogen-bond donors (Lipinski definition) is 1. The summed E-state index contributed by atoms with van der Waals surface area (Å²) in [5.41, 5.74) is 6.03. The number of aromatic nitrogens is 2. The molecule has 2 rings (SSSR count). The van der Waals surface area contributed by atoms with Crippen molar-refractivity contribution >= 4 is 21.7 Å². The van der Waals surface area contributed by atoms with Gasteiger partial charge in [-0.15, -0.1) is 0 Å². The molecule has 0 spiro atoms. The van der Waals surface area contributed by atoms with Crippen LogP contribution in [0.3, 0.4) is 0 Å². The summed E-state index contributed by atoms with van der Waals surface area (Å²) in [6, 6.07) is 0.488. The monoisotopic (exact) mass is 300 g/mol. The Morgan fingerprint density at radius 1 is 1.35 bits per heavy atom. The summed E-state index contributed by atoms with van der Waals surface area (Å²) >= 11 is 3.41. The van der Waals surface area contributed by atoms with E-state index in [2.05, 4.69) is 46.7 Å². The lowest BCUT2D eigenvalue weighted by Gasteiger charge is -2.40. The van der Waals surface area contributed by atoms with Gasteiger partial charge < -0.3 is 5.73 Å².